The molecule has 0 aliphatic heterocycles. The Balaban J connectivity index is 3.52. The van der Waals surface area contributed by atoms with E-state index in [0.29, 0.717) is 0 Å². The van der Waals surface area contributed by atoms with E-state index >= 15 is 0 Å². The monoisotopic (exact) mass is 184 g/mol. The molecule has 0 fully saturated rings. The maximum Gasteiger partial charge on any atom is 0.152 e. The van der Waals surface area contributed by atoms with Crippen LogP contribution in [0.3, 0.4) is 0 Å². The minimum atomic E-state index is -1.25. The lowest BCUT2D eigenvalue weighted by Crippen LogP contribution is -2.28. The molecule has 3 heteroatoms. The first-order valence-corrected chi connectivity index (χ1v) is 4.35. The summed E-state index contributed by atoms with van der Waals surface area (Å²) >= 11 is 11.3. The first-order valence-electron chi connectivity index (χ1n) is 3.53. The molecular weight excluding hydrogens is 171 g/mol. The van der Waals surface area contributed by atoms with Gasteiger partial charge in [0.15, 0.2) is 5.06 Å². The van der Waals surface area contributed by atoms with Crippen LogP contribution in [-0.4, -0.2) is 15.5 Å². The van der Waals surface area contributed by atoms with Gasteiger partial charge < -0.3 is 5.11 Å². The Hall–Kier alpha value is 0.540. The Kier molecular flexibility index (Phi) is 4.66. The standard InChI is InChI=1S/C7H14Cl2O/c1-3-4-5-6(8)7(2,9)10/h6,10H,3-5H2,1-2H3. The summed E-state index contributed by atoms with van der Waals surface area (Å²) in [5.74, 6) is 0. The van der Waals surface area contributed by atoms with Crippen molar-refractivity contribution in [3.63, 3.8) is 0 Å². The smallest absolute Gasteiger partial charge is 0.152 e. The fraction of sp³-hybridized carbons (Fsp3) is 1.00. The largest absolute Gasteiger partial charge is 0.374 e. The lowest BCUT2D eigenvalue weighted by molar-refractivity contribution is 0.140. The van der Waals surface area contributed by atoms with Gasteiger partial charge in [-0.1, -0.05) is 31.4 Å². The van der Waals surface area contributed by atoms with Gasteiger partial charge in [-0.05, 0) is 13.3 Å². The lowest BCUT2D eigenvalue weighted by atomic mass is 10.1. The zero-order chi connectivity index (χ0) is 8.20. The van der Waals surface area contributed by atoms with E-state index in [9.17, 15) is 0 Å². The minimum absolute atomic E-state index is 0.339. The molecule has 1 N–H and O–H groups in total. The van der Waals surface area contributed by atoms with E-state index in [1.807, 2.05) is 0 Å². The third-order valence-electron chi connectivity index (χ3n) is 1.38. The van der Waals surface area contributed by atoms with Crippen LogP contribution in [0.25, 0.3) is 0 Å². The van der Waals surface area contributed by atoms with E-state index < -0.39 is 5.06 Å². The van der Waals surface area contributed by atoms with Crippen molar-refractivity contribution in [2.45, 2.75) is 43.5 Å². The highest BCUT2D eigenvalue weighted by Gasteiger charge is 2.26. The molecule has 0 aromatic rings. The van der Waals surface area contributed by atoms with Crippen LogP contribution in [0, 0.1) is 0 Å². The van der Waals surface area contributed by atoms with Crippen molar-refractivity contribution in [2.75, 3.05) is 0 Å². The Labute approximate surface area is 72.3 Å². The molecule has 0 spiro atoms. The fourth-order valence-electron chi connectivity index (χ4n) is 0.647. The molecule has 0 amide bonds. The summed E-state index contributed by atoms with van der Waals surface area (Å²) in [6, 6.07) is 0. The van der Waals surface area contributed by atoms with Crippen molar-refractivity contribution in [1.29, 1.82) is 0 Å². The van der Waals surface area contributed by atoms with Gasteiger partial charge in [0.25, 0.3) is 0 Å². The second-order valence-electron chi connectivity index (χ2n) is 2.63. The molecule has 0 aromatic heterocycles. The molecule has 0 saturated carbocycles. The molecule has 10 heavy (non-hydrogen) atoms. The van der Waals surface area contributed by atoms with Crippen molar-refractivity contribution in [3.05, 3.63) is 0 Å². The highest BCUT2D eigenvalue weighted by molar-refractivity contribution is 6.31. The Morgan fingerprint density at radius 3 is 2.40 bits per heavy atom. The first kappa shape index (κ1) is 10.5. The summed E-state index contributed by atoms with van der Waals surface area (Å²) in [5, 5.41) is 7.55. The number of aliphatic hydroxyl groups is 1. The molecular formula is C7H14Cl2O. The molecule has 0 aliphatic carbocycles. The lowest BCUT2D eigenvalue weighted by Gasteiger charge is -2.20. The van der Waals surface area contributed by atoms with Crippen LogP contribution in [0.1, 0.15) is 33.1 Å². The van der Waals surface area contributed by atoms with Crippen molar-refractivity contribution in [2.24, 2.45) is 0 Å². The minimum Gasteiger partial charge on any atom is -0.374 e. The number of unbranched alkanes of at least 4 members (excludes halogenated alkanes) is 1. The highest BCUT2D eigenvalue weighted by Crippen LogP contribution is 2.24. The molecule has 1 nitrogen and oxygen atoms in total. The van der Waals surface area contributed by atoms with Crippen LogP contribution in [0.5, 0.6) is 0 Å². The van der Waals surface area contributed by atoms with E-state index in [-0.39, 0.29) is 5.38 Å². The van der Waals surface area contributed by atoms with Crippen molar-refractivity contribution >= 4 is 23.2 Å². The van der Waals surface area contributed by atoms with Crippen LogP contribution < -0.4 is 0 Å². The maximum atomic E-state index is 9.15. The average molecular weight is 185 g/mol. The molecule has 0 aliphatic rings. The molecule has 2 atom stereocenters. The van der Waals surface area contributed by atoms with Gasteiger partial charge in [0, 0.05) is 0 Å². The number of hydrogen-bond acceptors (Lipinski definition) is 1. The molecule has 62 valence electrons. The zero-order valence-corrected chi connectivity index (χ0v) is 7.91. The molecule has 0 saturated heterocycles. The van der Waals surface area contributed by atoms with E-state index in [2.05, 4.69) is 6.92 Å². The zero-order valence-electron chi connectivity index (χ0n) is 6.40. The average Bonchev–Trinajstić information content (AvgIpc) is 1.80. The summed E-state index contributed by atoms with van der Waals surface area (Å²) in [4.78, 5) is 0. The fourth-order valence-corrected chi connectivity index (χ4v) is 0.910. The maximum absolute atomic E-state index is 9.15. The predicted octanol–water partition coefficient (Wildman–Crippen LogP) is 2.73. The number of alkyl halides is 2. The van der Waals surface area contributed by atoms with Crippen LogP contribution in [0.2, 0.25) is 0 Å². The van der Waals surface area contributed by atoms with E-state index in [1.54, 1.807) is 0 Å². The summed E-state index contributed by atoms with van der Waals surface area (Å²) in [6.45, 7) is 3.59. The SMILES string of the molecule is CCCCC(Cl)C(C)(O)Cl. The van der Waals surface area contributed by atoms with Gasteiger partial charge in [0.2, 0.25) is 0 Å². The molecule has 0 heterocycles. The van der Waals surface area contributed by atoms with E-state index in [1.165, 1.54) is 6.92 Å². The molecule has 0 radical (unpaired) electrons. The number of rotatable bonds is 4. The van der Waals surface area contributed by atoms with E-state index in [0.717, 1.165) is 19.3 Å². The predicted molar refractivity (Wildman–Crippen MR) is 45.6 cm³/mol. The number of halogens is 2. The second kappa shape index (κ2) is 4.42. The normalized spacial score (nSPS) is 20.1. The Morgan fingerprint density at radius 1 is 1.60 bits per heavy atom. The van der Waals surface area contributed by atoms with Crippen molar-refractivity contribution in [1.82, 2.24) is 0 Å². The quantitative estimate of drug-likeness (QED) is 0.667. The Bertz CT molecular complexity index is 88.1. The van der Waals surface area contributed by atoms with Gasteiger partial charge in [-0.25, -0.2) is 0 Å². The van der Waals surface area contributed by atoms with Crippen LogP contribution in [0.4, 0.5) is 0 Å². The van der Waals surface area contributed by atoms with Crippen molar-refractivity contribution in [3.8, 4) is 0 Å². The summed E-state index contributed by atoms with van der Waals surface area (Å²) < 4.78 is 0. The Morgan fingerprint density at radius 2 is 2.10 bits per heavy atom. The molecule has 0 rings (SSSR count). The summed E-state index contributed by atoms with van der Waals surface area (Å²) in [7, 11) is 0. The van der Waals surface area contributed by atoms with Gasteiger partial charge in [-0.2, -0.15) is 0 Å². The van der Waals surface area contributed by atoms with Crippen LogP contribution >= 0.6 is 23.2 Å². The third kappa shape index (κ3) is 4.37. The molecule has 0 bridgehead atoms. The summed E-state index contributed by atoms with van der Waals surface area (Å²) in [6.07, 6.45) is 2.86. The van der Waals surface area contributed by atoms with Gasteiger partial charge in [-0.15, -0.1) is 11.6 Å². The second-order valence-corrected chi connectivity index (χ2v) is 3.93. The highest BCUT2D eigenvalue weighted by atomic mass is 35.5. The van der Waals surface area contributed by atoms with Gasteiger partial charge in [-0.3, -0.25) is 0 Å². The van der Waals surface area contributed by atoms with Gasteiger partial charge >= 0.3 is 0 Å². The third-order valence-corrected chi connectivity index (χ3v) is 2.40. The van der Waals surface area contributed by atoms with Crippen LogP contribution in [-0.2, 0) is 0 Å². The van der Waals surface area contributed by atoms with Gasteiger partial charge in [0.1, 0.15) is 0 Å². The van der Waals surface area contributed by atoms with Crippen molar-refractivity contribution < 1.29 is 5.11 Å². The first-order chi connectivity index (χ1) is 4.48. The molecule has 0 aromatic carbocycles. The molecule has 2 unspecified atom stereocenters. The topological polar surface area (TPSA) is 20.2 Å². The number of hydrogen-bond donors (Lipinski definition) is 1. The van der Waals surface area contributed by atoms with E-state index in [4.69, 9.17) is 28.3 Å². The van der Waals surface area contributed by atoms with Crippen LogP contribution in [0.15, 0.2) is 0 Å². The van der Waals surface area contributed by atoms with Gasteiger partial charge in [0.05, 0.1) is 5.38 Å². The summed E-state index contributed by atoms with van der Waals surface area (Å²) in [5.41, 5.74) is 0.